The van der Waals surface area contributed by atoms with E-state index < -0.39 is 9.84 Å². The Morgan fingerprint density at radius 3 is 2.77 bits per heavy atom. The predicted octanol–water partition coefficient (Wildman–Crippen LogP) is 2.04. The quantitative estimate of drug-likeness (QED) is 0.425. The van der Waals surface area contributed by atoms with Gasteiger partial charge >= 0.3 is 0 Å². The first-order valence-electron chi connectivity index (χ1n) is 8.02. The van der Waals surface area contributed by atoms with Crippen LogP contribution in [-0.4, -0.2) is 37.2 Å². The summed E-state index contributed by atoms with van der Waals surface area (Å²) in [5, 5.41) is 7.20. The lowest BCUT2D eigenvalue weighted by atomic mass is 10.4. The third-order valence-corrected chi connectivity index (χ3v) is 5.91. The summed E-state index contributed by atoms with van der Waals surface area (Å²) in [5.74, 6) is 4.44. The minimum Gasteiger partial charge on any atom is -0.370 e. The molecule has 0 fully saturated rings. The first-order valence-corrected chi connectivity index (χ1v) is 10.7. The van der Waals surface area contributed by atoms with Crippen LogP contribution in [0.4, 0.5) is 0 Å². The van der Waals surface area contributed by atoms with E-state index in [1.165, 1.54) is 5.41 Å². The minimum absolute atomic E-state index is 0.239. The number of rotatable bonds is 10. The second-order valence-corrected chi connectivity index (χ2v) is 8.30. The van der Waals surface area contributed by atoms with E-state index in [1.807, 2.05) is 6.92 Å². The van der Waals surface area contributed by atoms with Gasteiger partial charge in [-0.3, -0.25) is 0 Å². The number of nitrogens with zero attached hydrogens (tertiary/aromatic N) is 1. The van der Waals surface area contributed by atoms with Gasteiger partial charge in [0, 0.05) is 23.7 Å². The maximum absolute atomic E-state index is 12.5. The second-order valence-electron chi connectivity index (χ2n) is 5.40. The fraction of sp³-hybridized carbons (Fsp3) is 0.278. The number of aromatic amines is 1. The van der Waals surface area contributed by atoms with Crippen molar-refractivity contribution in [3.8, 4) is 12.3 Å². The van der Waals surface area contributed by atoms with E-state index in [4.69, 9.17) is 6.42 Å². The van der Waals surface area contributed by atoms with Gasteiger partial charge in [0.1, 0.15) is 5.82 Å². The average molecular weight is 391 g/mol. The fourth-order valence-corrected chi connectivity index (χ4v) is 4.11. The normalized spacial score (nSPS) is 11.8. The Morgan fingerprint density at radius 2 is 2.12 bits per heavy atom. The number of hydrogen-bond acceptors (Lipinski definition) is 6. The molecule has 2 rings (SSSR count). The lowest BCUT2D eigenvalue weighted by Gasteiger charge is -2.12. The van der Waals surface area contributed by atoms with E-state index in [0.29, 0.717) is 12.4 Å². The van der Waals surface area contributed by atoms with E-state index in [-0.39, 0.29) is 11.4 Å². The number of aryl methyl sites for hydroxylation is 1. The van der Waals surface area contributed by atoms with Crippen molar-refractivity contribution >= 4 is 21.6 Å². The Balaban J connectivity index is 1.92. The third-order valence-electron chi connectivity index (χ3n) is 3.46. The molecule has 3 N–H and O–H groups in total. The summed E-state index contributed by atoms with van der Waals surface area (Å²) in [6.45, 7) is 2.82. The van der Waals surface area contributed by atoms with Gasteiger partial charge in [0.15, 0.2) is 0 Å². The Labute approximate surface area is 158 Å². The van der Waals surface area contributed by atoms with Gasteiger partial charge < -0.3 is 15.6 Å². The Morgan fingerprint density at radius 1 is 1.35 bits per heavy atom. The van der Waals surface area contributed by atoms with Gasteiger partial charge in [-0.15, -0.1) is 6.42 Å². The van der Waals surface area contributed by atoms with Gasteiger partial charge in [0.25, 0.3) is 0 Å². The SMILES string of the molecule is C#CCN/C(=C/S(=O)(=O)c1ccccc1)NCCSCc1nc[nH]c1C. The van der Waals surface area contributed by atoms with Crippen molar-refractivity contribution in [3.05, 3.63) is 59.3 Å². The molecular weight excluding hydrogens is 368 g/mol. The molecule has 1 heterocycles. The molecular formula is C18H22N4O2S2. The lowest BCUT2D eigenvalue weighted by Crippen LogP contribution is -2.29. The molecule has 0 amide bonds. The van der Waals surface area contributed by atoms with Crippen molar-refractivity contribution < 1.29 is 8.42 Å². The summed E-state index contributed by atoms with van der Waals surface area (Å²) in [6, 6.07) is 8.28. The van der Waals surface area contributed by atoms with Crippen molar-refractivity contribution in [2.75, 3.05) is 18.8 Å². The molecule has 0 aliphatic heterocycles. The van der Waals surface area contributed by atoms with Gasteiger partial charge in [-0.25, -0.2) is 13.4 Å². The zero-order valence-electron chi connectivity index (χ0n) is 14.5. The number of nitrogens with one attached hydrogen (secondary N) is 3. The minimum atomic E-state index is -3.55. The molecule has 0 spiro atoms. The number of aromatic nitrogens is 2. The highest BCUT2D eigenvalue weighted by atomic mass is 32.2. The molecule has 6 nitrogen and oxygen atoms in total. The van der Waals surface area contributed by atoms with Crippen LogP contribution in [0.3, 0.4) is 0 Å². The van der Waals surface area contributed by atoms with Crippen LogP contribution in [0.1, 0.15) is 11.4 Å². The van der Waals surface area contributed by atoms with Gasteiger partial charge in [0.2, 0.25) is 9.84 Å². The summed E-state index contributed by atoms with van der Waals surface area (Å²) in [5.41, 5.74) is 2.10. The second kappa shape index (κ2) is 9.94. The molecule has 0 unspecified atom stereocenters. The van der Waals surface area contributed by atoms with Crippen molar-refractivity contribution in [3.63, 3.8) is 0 Å². The van der Waals surface area contributed by atoms with E-state index in [0.717, 1.165) is 22.9 Å². The van der Waals surface area contributed by atoms with Gasteiger partial charge in [-0.2, -0.15) is 11.8 Å². The molecule has 26 heavy (non-hydrogen) atoms. The van der Waals surface area contributed by atoms with Crippen LogP contribution in [0.25, 0.3) is 0 Å². The van der Waals surface area contributed by atoms with E-state index in [2.05, 4.69) is 26.5 Å². The summed E-state index contributed by atoms with van der Waals surface area (Å²) < 4.78 is 24.9. The first kappa shape index (κ1) is 19.9. The van der Waals surface area contributed by atoms with Gasteiger partial charge in [-0.1, -0.05) is 24.1 Å². The maximum atomic E-state index is 12.5. The zero-order chi connectivity index (χ0) is 18.8. The molecule has 0 bridgehead atoms. The van der Waals surface area contributed by atoms with Crippen LogP contribution in [0, 0.1) is 19.3 Å². The molecule has 0 aliphatic rings. The highest BCUT2D eigenvalue weighted by Gasteiger charge is 2.12. The van der Waals surface area contributed by atoms with Crippen LogP contribution in [0.2, 0.25) is 0 Å². The predicted molar refractivity (Wildman–Crippen MR) is 106 cm³/mol. The van der Waals surface area contributed by atoms with Crippen LogP contribution in [0.5, 0.6) is 0 Å². The molecule has 1 aromatic heterocycles. The summed E-state index contributed by atoms with van der Waals surface area (Å²) in [6.07, 6.45) is 6.95. The standard InChI is InChI=1S/C18H22N4O2S2/c1-3-9-19-18(13-26(23,24)16-7-5-4-6-8-16)20-10-11-25-12-17-15(2)21-14-22-17/h1,4-8,13-14,19-20H,9-12H2,2H3,(H,21,22)/b18-13-. The number of H-pyrrole nitrogens is 1. The number of benzene rings is 1. The lowest BCUT2D eigenvalue weighted by molar-refractivity contribution is 0.603. The van der Waals surface area contributed by atoms with E-state index in [1.54, 1.807) is 48.4 Å². The average Bonchev–Trinajstić information content (AvgIpc) is 3.04. The largest absolute Gasteiger partial charge is 0.370 e. The molecule has 0 saturated carbocycles. The first-order chi connectivity index (χ1) is 12.5. The Bertz CT molecular complexity index is 868. The van der Waals surface area contributed by atoms with Gasteiger partial charge in [-0.05, 0) is 19.1 Å². The Kier molecular flexibility index (Phi) is 7.63. The molecule has 0 saturated heterocycles. The fourth-order valence-electron chi connectivity index (χ4n) is 2.08. The summed E-state index contributed by atoms with van der Waals surface area (Å²) in [7, 11) is -3.55. The Hall–Kier alpha value is -2.37. The molecule has 0 aliphatic carbocycles. The van der Waals surface area contributed by atoms with Crippen molar-refractivity contribution in [1.82, 2.24) is 20.6 Å². The molecule has 138 valence electrons. The van der Waals surface area contributed by atoms with Crippen molar-refractivity contribution in [1.29, 1.82) is 0 Å². The highest BCUT2D eigenvalue weighted by Crippen LogP contribution is 2.13. The molecule has 0 atom stereocenters. The molecule has 0 radical (unpaired) electrons. The van der Waals surface area contributed by atoms with Crippen LogP contribution < -0.4 is 10.6 Å². The van der Waals surface area contributed by atoms with Crippen molar-refractivity contribution in [2.24, 2.45) is 0 Å². The number of hydrogen-bond donors (Lipinski definition) is 3. The third kappa shape index (κ3) is 6.17. The smallest absolute Gasteiger partial charge is 0.203 e. The molecule has 2 aromatic rings. The van der Waals surface area contributed by atoms with E-state index >= 15 is 0 Å². The number of terminal acetylenes is 1. The number of thioether (sulfide) groups is 1. The van der Waals surface area contributed by atoms with Crippen LogP contribution in [-0.2, 0) is 15.6 Å². The molecule has 1 aromatic carbocycles. The van der Waals surface area contributed by atoms with Crippen LogP contribution in [0.15, 0.2) is 52.8 Å². The summed E-state index contributed by atoms with van der Waals surface area (Å²) >= 11 is 1.72. The molecule has 8 heteroatoms. The van der Waals surface area contributed by atoms with E-state index in [9.17, 15) is 8.42 Å². The maximum Gasteiger partial charge on any atom is 0.203 e. The topological polar surface area (TPSA) is 86.9 Å². The van der Waals surface area contributed by atoms with Gasteiger partial charge in [0.05, 0.1) is 28.9 Å². The number of sulfone groups is 1. The summed E-state index contributed by atoms with van der Waals surface area (Å²) in [4.78, 5) is 7.54. The monoisotopic (exact) mass is 390 g/mol. The highest BCUT2D eigenvalue weighted by molar-refractivity contribution is 7.98. The number of imidazole rings is 1. The van der Waals surface area contributed by atoms with Crippen molar-refractivity contribution in [2.45, 2.75) is 17.6 Å². The van der Waals surface area contributed by atoms with Crippen LogP contribution >= 0.6 is 11.8 Å². The zero-order valence-corrected chi connectivity index (χ0v) is 16.2.